The van der Waals surface area contributed by atoms with Crippen LogP contribution in [0.3, 0.4) is 0 Å². The molecule has 0 fully saturated rings. The van der Waals surface area contributed by atoms with Crippen LogP contribution in [0.5, 0.6) is 0 Å². The first kappa shape index (κ1) is 18.3. The zero-order chi connectivity index (χ0) is 19.5. The molecule has 0 aliphatic heterocycles. The zero-order valence-corrected chi connectivity index (χ0v) is 16.3. The predicted molar refractivity (Wildman–Crippen MR) is 113 cm³/mol. The standard InChI is InChI=1S/C23H20N2O2S/c1-2-4-19(18-5-3-12-24-14-18)17-10-11-20-21(13-17)28-22(25-20)15-6-8-16(9-7-15)23(26)27/h3,5-14,19H,2,4H2,1H3,(H,26,27). The van der Waals surface area contributed by atoms with E-state index in [2.05, 4.69) is 36.2 Å². The van der Waals surface area contributed by atoms with Crippen LogP contribution < -0.4 is 0 Å². The molecule has 0 amide bonds. The Morgan fingerprint density at radius 2 is 1.93 bits per heavy atom. The molecule has 0 bridgehead atoms. The van der Waals surface area contributed by atoms with Gasteiger partial charge in [0.25, 0.3) is 0 Å². The van der Waals surface area contributed by atoms with Crippen molar-refractivity contribution in [1.82, 2.24) is 9.97 Å². The van der Waals surface area contributed by atoms with Crippen LogP contribution in [0.2, 0.25) is 0 Å². The monoisotopic (exact) mass is 388 g/mol. The van der Waals surface area contributed by atoms with Gasteiger partial charge in [0, 0.05) is 23.9 Å². The van der Waals surface area contributed by atoms with Gasteiger partial charge in [0.05, 0.1) is 15.8 Å². The number of fused-ring (bicyclic) bond motifs is 1. The SMILES string of the molecule is CCCC(c1cccnc1)c1ccc2nc(-c3ccc(C(=O)O)cc3)sc2c1. The normalized spacial score (nSPS) is 12.2. The van der Waals surface area contributed by atoms with E-state index in [0.717, 1.165) is 33.6 Å². The fraction of sp³-hybridized carbons (Fsp3) is 0.174. The van der Waals surface area contributed by atoms with Crippen molar-refractivity contribution in [2.45, 2.75) is 25.7 Å². The fourth-order valence-corrected chi connectivity index (χ4v) is 4.45. The van der Waals surface area contributed by atoms with Gasteiger partial charge >= 0.3 is 5.97 Å². The molecule has 1 N–H and O–H groups in total. The first-order chi connectivity index (χ1) is 13.7. The number of pyridine rings is 1. The van der Waals surface area contributed by atoms with Gasteiger partial charge in [-0.25, -0.2) is 9.78 Å². The number of carboxylic acid groups (broad SMARTS) is 1. The van der Waals surface area contributed by atoms with Crippen LogP contribution in [0.15, 0.2) is 67.0 Å². The molecule has 1 atom stereocenters. The van der Waals surface area contributed by atoms with Crippen molar-refractivity contribution in [3.05, 3.63) is 83.7 Å². The molecule has 0 aliphatic carbocycles. The highest BCUT2D eigenvalue weighted by atomic mass is 32.1. The summed E-state index contributed by atoms with van der Waals surface area (Å²) in [5.41, 5.74) is 4.69. The average Bonchev–Trinajstić information content (AvgIpc) is 3.16. The Morgan fingerprint density at radius 3 is 2.61 bits per heavy atom. The largest absolute Gasteiger partial charge is 0.478 e. The smallest absolute Gasteiger partial charge is 0.335 e. The van der Waals surface area contributed by atoms with E-state index in [-0.39, 0.29) is 5.56 Å². The number of benzene rings is 2. The average molecular weight is 388 g/mol. The Labute approximate surface area is 167 Å². The summed E-state index contributed by atoms with van der Waals surface area (Å²) >= 11 is 1.64. The Balaban J connectivity index is 1.70. The molecule has 0 aliphatic rings. The van der Waals surface area contributed by atoms with Crippen LogP contribution >= 0.6 is 11.3 Å². The Kier molecular flexibility index (Phi) is 5.17. The van der Waals surface area contributed by atoms with Gasteiger partial charge in [-0.3, -0.25) is 4.98 Å². The van der Waals surface area contributed by atoms with Crippen molar-refractivity contribution in [3.63, 3.8) is 0 Å². The lowest BCUT2D eigenvalue weighted by Gasteiger charge is -2.16. The van der Waals surface area contributed by atoms with Crippen molar-refractivity contribution in [2.75, 3.05) is 0 Å². The minimum atomic E-state index is -0.919. The topological polar surface area (TPSA) is 63.1 Å². The van der Waals surface area contributed by atoms with Crippen LogP contribution in [-0.2, 0) is 0 Å². The molecule has 2 heterocycles. The van der Waals surface area contributed by atoms with Crippen molar-refractivity contribution in [3.8, 4) is 10.6 Å². The molecule has 2 aromatic heterocycles. The number of carboxylic acids is 1. The third-order valence-electron chi connectivity index (χ3n) is 4.86. The molecular formula is C23H20N2O2S. The summed E-state index contributed by atoms with van der Waals surface area (Å²) in [5.74, 6) is -0.596. The highest BCUT2D eigenvalue weighted by Crippen LogP contribution is 2.35. The number of thiazole rings is 1. The lowest BCUT2D eigenvalue weighted by atomic mass is 9.88. The van der Waals surface area contributed by atoms with Crippen LogP contribution in [0.4, 0.5) is 0 Å². The number of carbonyl (C=O) groups is 1. The summed E-state index contributed by atoms with van der Waals surface area (Å²) < 4.78 is 1.14. The van der Waals surface area contributed by atoms with Gasteiger partial charge in [-0.15, -0.1) is 11.3 Å². The Hall–Kier alpha value is -3.05. The van der Waals surface area contributed by atoms with E-state index >= 15 is 0 Å². The minimum Gasteiger partial charge on any atom is -0.478 e. The second-order valence-electron chi connectivity index (χ2n) is 6.76. The molecular weight excluding hydrogens is 368 g/mol. The van der Waals surface area contributed by atoms with Gasteiger partial charge in [-0.1, -0.05) is 37.6 Å². The summed E-state index contributed by atoms with van der Waals surface area (Å²) in [6, 6.07) is 17.5. The van der Waals surface area contributed by atoms with E-state index in [4.69, 9.17) is 10.1 Å². The maximum atomic E-state index is 11.0. The lowest BCUT2D eigenvalue weighted by Crippen LogP contribution is -2.01. The number of hydrogen-bond donors (Lipinski definition) is 1. The third-order valence-corrected chi connectivity index (χ3v) is 5.93. The number of hydrogen-bond acceptors (Lipinski definition) is 4. The third kappa shape index (κ3) is 3.66. The molecule has 140 valence electrons. The highest BCUT2D eigenvalue weighted by Gasteiger charge is 2.15. The predicted octanol–water partition coefficient (Wildman–Crippen LogP) is 5.99. The molecule has 5 heteroatoms. The number of nitrogens with zero attached hydrogens (tertiary/aromatic N) is 2. The van der Waals surface area contributed by atoms with Gasteiger partial charge in [-0.2, -0.15) is 0 Å². The van der Waals surface area contributed by atoms with Gasteiger partial charge < -0.3 is 5.11 Å². The summed E-state index contributed by atoms with van der Waals surface area (Å²) in [6.45, 7) is 2.20. The van der Waals surface area contributed by atoms with Gasteiger partial charge in [0.1, 0.15) is 5.01 Å². The van der Waals surface area contributed by atoms with Gasteiger partial charge in [-0.05, 0) is 47.9 Å². The van der Waals surface area contributed by atoms with Crippen molar-refractivity contribution < 1.29 is 9.90 Å². The van der Waals surface area contributed by atoms with Gasteiger partial charge in [0.2, 0.25) is 0 Å². The molecule has 4 rings (SSSR count). The fourth-order valence-electron chi connectivity index (χ4n) is 3.43. The van der Waals surface area contributed by atoms with Crippen LogP contribution in [0.1, 0.15) is 47.2 Å². The first-order valence-corrected chi connectivity index (χ1v) is 10.1. The molecule has 4 nitrogen and oxygen atoms in total. The first-order valence-electron chi connectivity index (χ1n) is 9.30. The Bertz CT molecular complexity index is 1100. The molecule has 0 spiro atoms. The van der Waals surface area contributed by atoms with E-state index in [0.29, 0.717) is 5.92 Å². The molecule has 0 saturated carbocycles. The van der Waals surface area contributed by atoms with Gasteiger partial charge in [0.15, 0.2) is 0 Å². The minimum absolute atomic E-state index is 0.283. The van der Waals surface area contributed by atoms with E-state index in [1.807, 2.05) is 24.4 Å². The molecule has 0 radical (unpaired) electrons. The van der Waals surface area contributed by atoms with Crippen LogP contribution in [0, 0.1) is 0 Å². The number of aromatic carboxylic acids is 1. The Morgan fingerprint density at radius 1 is 1.11 bits per heavy atom. The maximum Gasteiger partial charge on any atom is 0.335 e. The van der Waals surface area contributed by atoms with Crippen molar-refractivity contribution >= 4 is 27.5 Å². The molecule has 1 unspecified atom stereocenters. The molecule has 0 saturated heterocycles. The van der Waals surface area contributed by atoms with E-state index in [9.17, 15) is 4.79 Å². The number of rotatable bonds is 6. The van der Waals surface area contributed by atoms with Crippen molar-refractivity contribution in [2.24, 2.45) is 0 Å². The summed E-state index contributed by atoms with van der Waals surface area (Å²) in [7, 11) is 0. The molecule has 28 heavy (non-hydrogen) atoms. The zero-order valence-electron chi connectivity index (χ0n) is 15.5. The van der Waals surface area contributed by atoms with E-state index < -0.39 is 5.97 Å². The number of aromatic nitrogens is 2. The second-order valence-corrected chi connectivity index (χ2v) is 7.79. The quantitative estimate of drug-likeness (QED) is 0.441. The van der Waals surface area contributed by atoms with E-state index in [1.54, 1.807) is 29.7 Å². The maximum absolute atomic E-state index is 11.0. The van der Waals surface area contributed by atoms with Crippen LogP contribution in [0.25, 0.3) is 20.8 Å². The summed E-state index contributed by atoms with van der Waals surface area (Å²) in [4.78, 5) is 20.1. The van der Waals surface area contributed by atoms with E-state index in [1.165, 1.54) is 11.1 Å². The van der Waals surface area contributed by atoms with Crippen LogP contribution in [-0.4, -0.2) is 21.0 Å². The molecule has 4 aromatic rings. The highest BCUT2D eigenvalue weighted by molar-refractivity contribution is 7.21. The van der Waals surface area contributed by atoms with Crippen molar-refractivity contribution in [1.29, 1.82) is 0 Å². The summed E-state index contributed by atoms with van der Waals surface area (Å²) in [6.07, 6.45) is 5.93. The lowest BCUT2D eigenvalue weighted by molar-refractivity contribution is 0.0697. The second kappa shape index (κ2) is 7.90. The molecule has 2 aromatic carbocycles. The summed E-state index contributed by atoms with van der Waals surface area (Å²) in [5, 5.41) is 9.96.